The molecule has 20 heavy (non-hydrogen) atoms. The maximum Gasteiger partial charge on any atom is 0.253 e. The summed E-state index contributed by atoms with van der Waals surface area (Å²) < 4.78 is 0. The van der Waals surface area contributed by atoms with Crippen LogP contribution in [0.15, 0.2) is 59.7 Å². The van der Waals surface area contributed by atoms with Crippen LogP contribution >= 0.6 is 0 Å². The Hall–Kier alpha value is -2.93. The number of carbonyl (C=O) groups is 1. The fraction of sp³-hybridized carbons (Fsp3) is 0.0625. The molecule has 1 heterocycles. The summed E-state index contributed by atoms with van der Waals surface area (Å²) in [6.45, 7) is 0. The van der Waals surface area contributed by atoms with E-state index in [0.29, 0.717) is 11.3 Å². The molecule has 0 spiro atoms. The molecule has 0 aliphatic carbocycles. The van der Waals surface area contributed by atoms with Crippen molar-refractivity contribution < 1.29 is 4.79 Å². The van der Waals surface area contributed by atoms with Gasteiger partial charge in [0.15, 0.2) is 0 Å². The second kappa shape index (κ2) is 4.98. The van der Waals surface area contributed by atoms with Gasteiger partial charge in [-0.2, -0.15) is 10.4 Å². The highest BCUT2D eigenvalue weighted by atomic mass is 16.2. The van der Waals surface area contributed by atoms with Crippen LogP contribution in [-0.4, -0.2) is 11.6 Å². The van der Waals surface area contributed by atoms with E-state index in [9.17, 15) is 4.79 Å². The third-order valence-corrected chi connectivity index (χ3v) is 3.10. The molecule has 0 fully saturated rings. The Bertz CT molecular complexity index is 729. The second-order valence-corrected chi connectivity index (χ2v) is 4.46. The van der Waals surface area contributed by atoms with Gasteiger partial charge in [-0.05, 0) is 29.8 Å². The number of hydrazone groups is 1. The zero-order chi connectivity index (χ0) is 13.9. The maximum atomic E-state index is 12.1. The summed E-state index contributed by atoms with van der Waals surface area (Å²) in [6.07, 6.45) is 0.254. The van der Waals surface area contributed by atoms with Crippen LogP contribution in [-0.2, 0) is 4.79 Å². The topological polar surface area (TPSA) is 56.5 Å². The largest absolute Gasteiger partial charge is 0.272 e. The summed E-state index contributed by atoms with van der Waals surface area (Å²) in [5, 5.41) is 14.7. The molecule has 0 aromatic heterocycles. The van der Waals surface area contributed by atoms with E-state index in [4.69, 9.17) is 5.26 Å². The molecule has 0 radical (unpaired) electrons. The quantitative estimate of drug-likeness (QED) is 0.834. The van der Waals surface area contributed by atoms with Gasteiger partial charge in [0.25, 0.3) is 5.91 Å². The third-order valence-electron chi connectivity index (χ3n) is 3.10. The van der Waals surface area contributed by atoms with Crippen LogP contribution in [0.5, 0.6) is 0 Å². The number of nitrogens with zero attached hydrogens (tertiary/aromatic N) is 3. The third kappa shape index (κ3) is 2.17. The van der Waals surface area contributed by atoms with E-state index in [-0.39, 0.29) is 12.3 Å². The number of nitriles is 1. The van der Waals surface area contributed by atoms with Gasteiger partial charge in [0.2, 0.25) is 0 Å². The Morgan fingerprint density at radius 1 is 1.10 bits per heavy atom. The number of anilines is 1. The predicted molar refractivity (Wildman–Crippen MR) is 76.2 cm³/mol. The van der Waals surface area contributed by atoms with Gasteiger partial charge in [0.1, 0.15) is 0 Å². The van der Waals surface area contributed by atoms with E-state index in [1.165, 1.54) is 5.01 Å². The Morgan fingerprint density at radius 3 is 2.65 bits per heavy atom. The highest BCUT2D eigenvalue weighted by Crippen LogP contribution is 2.22. The molecule has 2 aromatic rings. The van der Waals surface area contributed by atoms with Crippen molar-refractivity contribution in [1.82, 2.24) is 0 Å². The van der Waals surface area contributed by atoms with Gasteiger partial charge in [-0.15, -0.1) is 0 Å². The lowest BCUT2D eigenvalue weighted by Crippen LogP contribution is -2.19. The van der Waals surface area contributed by atoms with Gasteiger partial charge >= 0.3 is 0 Å². The average Bonchev–Trinajstić information content (AvgIpc) is 2.90. The first-order valence-electron chi connectivity index (χ1n) is 6.24. The Morgan fingerprint density at radius 2 is 1.90 bits per heavy atom. The van der Waals surface area contributed by atoms with Gasteiger partial charge in [0, 0.05) is 0 Å². The van der Waals surface area contributed by atoms with E-state index in [1.54, 1.807) is 18.2 Å². The van der Waals surface area contributed by atoms with Gasteiger partial charge in [-0.1, -0.05) is 30.3 Å². The highest BCUT2D eigenvalue weighted by molar-refractivity contribution is 6.19. The molecule has 96 valence electrons. The fourth-order valence-corrected chi connectivity index (χ4v) is 2.13. The molecular weight excluding hydrogens is 250 g/mol. The van der Waals surface area contributed by atoms with Crippen LogP contribution < -0.4 is 5.01 Å². The molecular formula is C16H11N3O. The number of carbonyl (C=O) groups excluding carboxylic acids is 1. The van der Waals surface area contributed by atoms with Crippen molar-refractivity contribution in [1.29, 1.82) is 5.26 Å². The van der Waals surface area contributed by atoms with Crippen molar-refractivity contribution in [3.05, 3.63) is 65.7 Å². The van der Waals surface area contributed by atoms with E-state index in [0.717, 1.165) is 11.3 Å². The van der Waals surface area contributed by atoms with Crippen molar-refractivity contribution in [2.24, 2.45) is 5.10 Å². The molecule has 1 aliphatic rings. The van der Waals surface area contributed by atoms with Crippen molar-refractivity contribution in [3.8, 4) is 6.07 Å². The molecule has 0 N–H and O–H groups in total. The minimum Gasteiger partial charge on any atom is -0.272 e. The lowest BCUT2D eigenvalue weighted by atomic mass is 10.1. The zero-order valence-corrected chi connectivity index (χ0v) is 10.7. The van der Waals surface area contributed by atoms with Gasteiger partial charge < -0.3 is 0 Å². The van der Waals surface area contributed by atoms with E-state index < -0.39 is 0 Å². The number of rotatable bonds is 2. The second-order valence-electron chi connectivity index (χ2n) is 4.46. The number of hydrogen-bond donors (Lipinski definition) is 0. The summed E-state index contributed by atoms with van der Waals surface area (Å²) in [7, 11) is 0. The van der Waals surface area contributed by atoms with Crippen molar-refractivity contribution in [2.75, 3.05) is 5.01 Å². The van der Waals surface area contributed by atoms with E-state index in [2.05, 4.69) is 11.2 Å². The number of amides is 1. The van der Waals surface area contributed by atoms with Gasteiger partial charge in [-0.3, -0.25) is 4.79 Å². The number of benzene rings is 2. The summed E-state index contributed by atoms with van der Waals surface area (Å²) in [5.41, 5.74) is 2.83. The maximum absolute atomic E-state index is 12.1. The predicted octanol–water partition coefficient (Wildman–Crippen LogP) is 2.70. The molecule has 0 atom stereocenters. The first-order chi connectivity index (χ1) is 9.78. The first kappa shape index (κ1) is 12.1. The van der Waals surface area contributed by atoms with Crippen molar-refractivity contribution in [3.63, 3.8) is 0 Å². The number of hydrogen-bond acceptors (Lipinski definition) is 3. The zero-order valence-electron chi connectivity index (χ0n) is 10.7. The van der Waals surface area contributed by atoms with Gasteiger partial charge in [-0.25, -0.2) is 5.01 Å². The minimum atomic E-state index is -0.0615. The normalized spacial score (nSPS) is 14.1. The average molecular weight is 261 g/mol. The van der Waals surface area contributed by atoms with Crippen molar-refractivity contribution >= 4 is 17.3 Å². The molecule has 0 bridgehead atoms. The summed E-state index contributed by atoms with van der Waals surface area (Å²) in [6, 6.07) is 18.5. The monoisotopic (exact) mass is 261 g/mol. The summed E-state index contributed by atoms with van der Waals surface area (Å²) in [4.78, 5) is 12.1. The van der Waals surface area contributed by atoms with E-state index in [1.807, 2.05) is 36.4 Å². The standard InChI is InChI=1S/C16H11N3O/c17-11-12-5-4-6-13(9-12)15-10-16(20)19(18-15)14-7-2-1-3-8-14/h1-9H,10H2. The fourth-order valence-electron chi connectivity index (χ4n) is 2.13. The molecule has 0 unspecified atom stereocenters. The lowest BCUT2D eigenvalue weighted by molar-refractivity contribution is -0.116. The Labute approximate surface area is 116 Å². The highest BCUT2D eigenvalue weighted by Gasteiger charge is 2.25. The molecule has 4 heteroatoms. The summed E-state index contributed by atoms with van der Waals surface area (Å²) >= 11 is 0. The van der Waals surface area contributed by atoms with Crippen LogP contribution in [0.1, 0.15) is 17.5 Å². The minimum absolute atomic E-state index is 0.0615. The van der Waals surface area contributed by atoms with Gasteiger partial charge in [0.05, 0.1) is 29.5 Å². The Kier molecular flexibility index (Phi) is 3.02. The number of para-hydroxylation sites is 1. The first-order valence-corrected chi connectivity index (χ1v) is 6.24. The van der Waals surface area contributed by atoms with Crippen molar-refractivity contribution in [2.45, 2.75) is 6.42 Å². The Balaban J connectivity index is 1.96. The molecule has 3 rings (SSSR count). The molecule has 4 nitrogen and oxygen atoms in total. The van der Waals surface area contributed by atoms with Crippen LogP contribution in [0.2, 0.25) is 0 Å². The van der Waals surface area contributed by atoms with E-state index >= 15 is 0 Å². The summed E-state index contributed by atoms with van der Waals surface area (Å²) in [5.74, 6) is -0.0615. The van der Waals surface area contributed by atoms with Crippen LogP contribution in [0.4, 0.5) is 5.69 Å². The molecule has 1 aliphatic heterocycles. The lowest BCUT2D eigenvalue weighted by Gasteiger charge is -2.10. The van der Waals surface area contributed by atoms with Crippen LogP contribution in [0, 0.1) is 11.3 Å². The molecule has 1 amide bonds. The smallest absolute Gasteiger partial charge is 0.253 e. The molecule has 0 saturated heterocycles. The molecule has 0 saturated carbocycles. The van der Waals surface area contributed by atoms with Crippen LogP contribution in [0.3, 0.4) is 0 Å². The SMILES string of the molecule is N#Cc1cccc(C2=NN(c3ccccc3)C(=O)C2)c1. The molecule has 2 aromatic carbocycles. The van der Waals surface area contributed by atoms with Crippen LogP contribution in [0.25, 0.3) is 0 Å².